The Morgan fingerprint density at radius 1 is 1.50 bits per heavy atom. The van der Waals surface area contributed by atoms with E-state index in [0.717, 1.165) is 5.16 Å². The van der Waals surface area contributed by atoms with Gasteiger partial charge < -0.3 is 15.0 Å². The van der Waals surface area contributed by atoms with E-state index >= 15 is 0 Å². The summed E-state index contributed by atoms with van der Waals surface area (Å²) in [6.45, 7) is 10.2. The summed E-state index contributed by atoms with van der Waals surface area (Å²) < 4.78 is 2.06. The van der Waals surface area contributed by atoms with Crippen LogP contribution in [0, 0.1) is 5.92 Å². The number of aromatic nitrogens is 2. The summed E-state index contributed by atoms with van der Waals surface area (Å²) in [7, 11) is 0. The number of hydrogen-bond donors (Lipinski definition) is 2. The number of imidazole rings is 1. The minimum Gasteiger partial charge on any atom is -0.396 e. The van der Waals surface area contributed by atoms with E-state index in [2.05, 4.69) is 35.6 Å². The molecule has 0 radical (unpaired) electrons. The van der Waals surface area contributed by atoms with Crippen molar-refractivity contribution in [3.05, 3.63) is 12.4 Å². The second-order valence-electron chi connectivity index (χ2n) is 6.06. The van der Waals surface area contributed by atoms with Crippen molar-refractivity contribution in [1.82, 2.24) is 14.9 Å². The number of thioether (sulfide) groups is 1. The molecule has 0 spiro atoms. The first-order valence-electron chi connectivity index (χ1n) is 6.82. The topological polar surface area (TPSA) is 67.2 Å². The molecule has 0 aliphatic heterocycles. The number of amides is 1. The molecule has 114 valence electrons. The molecule has 0 bridgehead atoms. The quantitative estimate of drug-likeness (QED) is 0.787. The van der Waals surface area contributed by atoms with Gasteiger partial charge in [-0.15, -0.1) is 0 Å². The highest BCUT2D eigenvalue weighted by molar-refractivity contribution is 7.99. The van der Waals surface area contributed by atoms with Gasteiger partial charge in [-0.3, -0.25) is 4.79 Å². The van der Waals surface area contributed by atoms with Crippen LogP contribution < -0.4 is 5.32 Å². The van der Waals surface area contributed by atoms with Gasteiger partial charge in [0.1, 0.15) is 0 Å². The standard InChI is InChI=1S/C14H25N3O2S/c1-10(8-18)11(2)16-12(19)9-20-13-15-6-7-17(13)14(3,4)5/h6-7,10-11,18H,8-9H2,1-5H3,(H,16,19). The molecule has 2 atom stereocenters. The zero-order valence-corrected chi connectivity index (χ0v) is 13.7. The van der Waals surface area contributed by atoms with Crippen LogP contribution in [0.4, 0.5) is 0 Å². The third kappa shape index (κ3) is 4.83. The summed E-state index contributed by atoms with van der Waals surface area (Å²) in [5.74, 6) is 0.349. The normalized spacial score (nSPS) is 14.9. The van der Waals surface area contributed by atoms with Crippen LogP contribution in [0.2, 0.25) is 0 Å². The fraction of sp³-hybridized carbons (Fsp3) is 0.714. The predicted octanol–water partition coefficient (Wildman–Crippen LogP) is 1.86. The summed E-state index contributed by atoms with van der Waals surface area (Å²) in [6, 6.07) is -0.0320. The largest absolute Gasteiger partial charge is 0.396 e. The number of carbonyl (C=O) groups excluding carboxylic acids is 1. The third-order valence-electron chi connectivity index (χ3n) is 3.19. The number of carbonyl (C=O) groups is 1. The van der Waals surface area contributed by atoms with Gasteiger partial charge in [-0.25, -0.2) is 4.98 Å². The van der Waals surface area contributed by atoms with E-state index in [9.17, 15) is 4.79 Å². The van der Waals surface area contributed by atoms with E-state index in [-0.39, 0.29) is 30.0 Å². The highest BCUT2D eigenvalue weighted by Gasteiger charge is 2.19. The van der Waals surface area contributed by atoms with Gasteiger partial charge in [0, 0.05) is 30.6 Å². The van der Waals surface area contributed by atoms with Gasteiger partial charge in [-0.1, -0.05) is 18.7 Å². The van der Waals surface area contributed by atoms with E-state index in [1.807, 2.05) is 20.0 Å². The van der Waals surface area contributed by atoms with Crippen molar-refractivity contribution in [2.45, 2.75) is 51.4 Å². The summed E-state index contributed by atoms with van der Waals surface area (Å²) in [5.41, 5.74) is -0.0476. The van der Waals surface area contributed by atoms with Crippen molar-refractivity contribution < 1.29 is 9.90 Å². The van der Waals surface area contributed by atoms with Crippen LogP contribution in [0.5, 0.6) is 0 Å². The third-order valence-corrected chi connectivity index (χ3v) is 4.16. The Morgan fingerprint density at radius 3 is 2.70 bits per heavy atom. The number of nitrogens with one attached hydrogen (secondary N) is 1. The van der Waals surface area contributed by atoms with Gasteiger partial charge in [-0.2, -0.15) is 0 Å². The van der Waals surface area contributed by atoms with Crippen LogP contribution in [0.25, 0.3) is 0 Å². The monoisotopic (exact) mass is 299 g/mol. The van der Waals surface area contributed by atoms with Gasteiger partial charge in [0.2, 0.25) is 5.91 Å². The number of aliphatic hydroxyl groups excluding tert-OH is 1. The number of aliphatic hydroxyl groups is 1. The second-order valence-corrected chi connectivity index (χ2v) is 7.00. The van der Waals surface area contributed by atoms with Crippen molar-refractivity contribution in [3.63, 3.8) is 0 Å². The summed E-state index contributed by atoms with van der Waals surface area (Å²) in [6.07, 6.45) is 3.68. The molecule has 0 aliphatic carbocycles. The molecule has 5 nitrogen and oxygen atoms in total. The minimum absolute atomic E-state index is 0.0320. The maximum absolute atomic E-state index is 11.9. The molecule has 20 heavy (non-hydrogen) atoms. The molecule has 1 rings (SSSR count). The van der Waals surface area contributed by atoms with Crippen molar-refractivity contribution in [3.8, 4) is 0 Å². The Bertz CT molecular complexity index is 440. The molecule has 0 aliphatic rings. The molecule has 0 fully saturated rings. The van der Waals surface area contributed by atoms with Crippen molar-refractivity contribution in [1.29, 1.82) is 0 Å². The predicted molar refractivity (Wildman–Crippen MR) is 81.8 cm³/mol. The molecule has 1 aromatic heterocycles. The summed E-state index contributed by atoms with van der Waals surface area (Å²) in [4.78, 5) is 16.2. The molecule has 2 unspecified atom stereocenters. The first kappa shape index (κ1) is 17.0. The average Bonchev–Trinajstić information content (AvgIpc) is 2.83. The Morgan fingerprint density at radius 2 is 2.15 bits per heavy atom. The summed E-state index contributed by atoms with van der Waals surface area (Å²) >= 11 is 1.43. The average molecular weight is 299 g/mol. The highest BCUT2D eigenvalue weighted by Crippen LogP contribution is 2.23. The molecule has 0 saturated heterocycles. The summed E-state index contributed by atoms with van der Waals surface area (Å²) in [5, 5.41) is 12.8. The number of rotatable bonds is 6. The molecule has 6 heteroatoms. The number of hydrogen-bond acceptors (Lipinski definition) is 4. The van der Waals surface area contributed by atoms with Crippen molar-refractivity contribution in [2.75, 3.05) is 12.4 Å². The molecule has 1 heterocycles. The van der Waals surface area contributed by atoms with Gasteiger partial charge in [-0.05, 0) is 33.6 Å². The fourth-order valence-corrected chi connectivity index (χ4v) is 2.59. The van der Waals surface area contributed by atoms with Crippen LogP contribution in [-0.4, -0.2) is 39.0 Å². The molecule has 1 aromatic rings. The first-order valence-corrected chi connectivity index (χ1v) is 7.81. The Balaban J connectivity index is 2.52. The van der Waals surface area contributed by atoms with Crippen LogP contribution >= 0.6 is 11.8 Å². The van der Waals surface area contributed by atoms with Crippen molar-refractivity contribution >= 4 is 17.7 Å². The smallest absolute Gasteiger partial charge is 0.230 e. The van der Waals surface area contributed by atoms with E-state index in [1.54, 1.807) is 6.20 Å². The molecule has 1 amide bonds. The van der Waals surface area contributed by atoms with Gasteiger partial charge in [0.25, 0.3) is 0 Å². The zero-order valence-electron chi connectivity index (χ0n) is 12.9. The van der Waals surface area contributed by atoms with Gasteiger partial charge in [0.15, 0.2) is 5.16 Å². The molecule has 0 saturated carbocycles. The van der Waals surface area contributed by atoms with Gasteiger partial charge in [0.05, 0.1) is 5.75 Å². The Labute approximate surface area is 125 Å². The lowest BCUT2D eigenvalue weighted by Gasteiger charge is -2.23. The van der Waals surface area contributed by atoms with E-state index in [4.69, 9.17) is 5.11 Å². The zero-order chi connectivity index (χ0) is 15.3. The SMILES string of the molecule is CC(CO)C(C)NC(=O)CSc1nccn1C(C)(C)C. The van der Waals surface area contributed by atoms with E-state index in [1.165, 1.54) is 11.8 Å². The lowest BCUT2D eigenvalue weighted by molar-refractivity contribution is -0.119. The van der Waals surface area contributed by atoms with Crippen LogP contribution in [-0.2, 0) is 10.3 Å². The number of nitrogens with zero attached hydrogens (tertiary/aromatic N) is 2. The second kappa shape index (κ2) is 7.13. The Kier molecular flexibility index (Phi) is 6.07. The minimum atomic E-state index is -0.0476. The van der Waals surface area contributed by atoms with Gasteiger partial charge >= 0.3 is 0 Å². The maximum Gasteiger partial charge on any atom is 0.230 e. The fourth-order valence-electron chi connectivity index (χ4n) is 1.63. The molecular formula is C14H25N3O2S. The van der Waals surface area contributed by atoms with Crippen LogP contribution in [0.3, 0.4) is 0 Å². The lowest BCUT2D eigenvalue weighted by atomic mass is 10.1. The molecule has 2 N–H and O–H groups in total. The lowest BCUT2D eigenvalue weighted by Crippen LogP contribution is -2.39. The van der Waals surface area contributed by atoms with Crippen LogP contribution in [0.1, 0.15) is 34.6 Å². The Hall–Kier alpha value is -1.01. The molecular weight excluding hydrogens is 274 g/mol. The first-order chi connectivity index (χ1) is 9.25. The highest BCUT2D eigenvalue weighted by atomic mass is 32.2. The molecule has 0 aromatic carbocycles. The van der Waals surface area contributed by atoms with Crippen molar-refractivity contribution in [2.24, 2.45) is 5.92 Å². The van der Waals surface area contributed by atoms with Crippen LogP contribution in [0.15, 0.2) is 17.6 Å². The maximum atomic E-state index is 11.9. The van der Waals surface area contributed by atoms with E-state index in [0.29, 0.717) is 5.75 Å². The van der Waals surface area contributed by atoms with E-state index < -0.39 is 0 Å².